The molecule has 0 bridgehead atoms. The average molecular weight is 227 g/mol. The third kappa shape index (κ3) is 2.90. The summed E-state index contributed by atoms with van der Waals surface area (Å²) in [6.07, 6.45) is 0. The van der Waals surface area contributed by atoms with Gasteiger partial charge in [-0.3, -0.25) is 10.1 Å². The molecule has 0 saturated heterocycles. The molecule has 0 aliphatic rings. The molecule has 0 spiro atoms. The molecule has 0 amide bonds. The van der Waals surface area contributed by atoms with Gasteiger partial charge >= 0.3 is 0 Å². The lowest BCUT2D eigenvalue weighted by molar-refractivity contribution is -0.384. The molecule has 0 atom stereocenters. The van der Waals surface area contributed by atoms with Crippen LogP contribution in [0, 0.1) is 15.9 Å². The van der Waals surface area contributed by atoms with Gasteiger partial charge in [0.2, 0.25) is 0 Å². The largest absolute Gasteiger partial charge is 0.368 e. The van der Waals surface area contributed by atoms with Gasteiger partial charge < -0.3 is 10.2 Å². The molecule has 0 aliphatic heterocycles. The van der Waals surface area contributed by atoms with E-state index >= 15 is 0 Å². The van der Waals surface area contributed by atoms with Gasteiger partial charge in [0.1, 0.15) is 11.5 Å². The van der Waals surface area contributed by atoms with E-state index in [0.29, 0.717) is 18.8 Å². The fourth-order valence-corrected chi connectivity index (χ4v) is 1.37. The molecule has 0 radical (unpaired) electrons. The molecular formula is C10H14FN3O2. The maximum atomic E-state index is 12.9. The highest BCUT2D eigenvalue weighted by Gasteiger charge is 2.17. The van der Waals surface area contributed by atoms with E-state index in [9.17, 15) is 14.5 Å². The number of rotatable bonds is 5. The Bertz CT molecular complexity index is 384. The Balaban J connectivity index is 2.98. The van der Waals surface area contributed by atoms with E-state index in [0.717, 1.165) is 6.07 Å². The number of benzene rings is 1. The van der Waals surface area contributed by atoms with Crippen LogP contribution in [0.4, 0.5) is 15.8 Å². The summed E-state index contributed by atoms with van der Waals surface area (Å²) < 4.78 is 12.9. The minimum Gasteiger partial charge on any atom is -0.368 e. The first-order valence-corrected chi connectivity index (χ1v) is 4.86. The second-order valence-corrected chi connectivity index (χ2v) is 3.42. The van der Waals surface area contributed by atoms with Crippen LogP contribution in [0.25, 0.3) is 0 Å². The van der Waals surface area contributed by atoms with Crippen molar-refractivity contribution in [2.24, 2.45) is 0 Å². The second-order valence-electron chi connectivity index (χ2n) is 3.42. The van der Waals surface area contributed by atoms with Crippen molar-refractivity contribution in [1.82, 2.24) is 5.32 Å². The van der Waals surface area contributed by atoms with Gasteiger partial charge in [-0.15, -0.1) is 0 Å². The number of nitrogens with one attached hydrogen (secondary N) is 1. The monoisotopic (exact) mass is 227 g/mol. The van der Waals surface area contributed by atoms with Gasteiger partial charge in [-0.1, -0.05) is 0 Å². The average Bonchev–Trinajstić information content (AvgIpc) is 2.25. The maximum Gasteiger partial charge on any atom is 0.295 e. The Labute approximate surface area is 93.0 Å². The summed E-state index contributed by atoms with van der Waals surface area (Å²) >= 11 is 0. The molecule has 6 heteroatoms. The molecule has 0 saturated carbocycles. The van der Waals surface area contributed by atoms with Crippen LogP contribution in [-0.2, 0) is 0 Å². The maximum absolute atomic E-state index is 12.9. The van der Waals surface area contributed by atoms with Crippen molar-refractivity contribution in [3.05, 3.63) is 34.1 Å². The number of halogens is 1. The molecule has 0 fully saturated rings. The van der Waals surface area contributed by atoms with Gasteiger partial charge in [0, 0.05) is 20.1 Å². The van der Waals surface area contributed by atoms with E-state index in [1.54, 1.807) is 19.0 Å². The van der Waals surface area contributed by atoms with Crippen molar-refractivity contribution in [3.8, 4) is 0 Å². The third-order valence-corrected chi connectivity index (χ3v) is 2.24. The van der Waals surface area contributed by atoms with Crippen LogP contribution in [0.15, 0.2) is 18.2 Å². The first kappa shape index (κ1) is 12.4. The molecule has 0 aliphatic carbocycles. The molecule has 0 unspecified atom stereocenters. The van der Waals surface area contributed by atoms with E-state index < -0.39 is 10.7 Å². The van der Waals surface area contributed by atoms with Crippen molar-refractivity contribution >= 4 is 11.4 Å². The summed E-state index contributed by atoms with van der Waals surface area (Å²) in [6.45, 7) is 1.31. The zero-order valence-corrected chi connectivity index (χ0v) is 9.24. The van der Waals surface area contributed by atoms with E-state index in [1.807, 2.05) is 0 Å². The molecule has 1 aromatic rings. The number of hydrogen-bond donors (Lipinski definition) is 1. The number of anilines is 1. The van der Waals surface area contributed by atoms with Crippen LogP contribution in [-0.4, -0.2) is 32.1 Å². The number of nitrogens with zero attached hydrogens (tertiary/aromatic N) is 2. The first-order chi connectivity index (χ1) is 7.56. The number of nitro benzene ring substituents is 1. The lowest BCUT2D eigenvalue weighted by Crippen LogP contribution is -2.27. The number of likely N-dealkylation sites (N-methyl/N-ethyl adjacent to an activating group) is 2. The lowest BCUT2D eigenvalue weighted by atomic mass is 10.2. The van der Waals surface area contributed by atoms with Crippen molar-refractivity contribution in [2.45, 2.75) is 0 Å². The fraction of sp³-hybridized carbons (Fsp3) is 0.400. The van der Waals surface area contributed by atoms with Crippen LogP contribution >= 0.6 is 0 Å². The SMILES string of the molecule is CNCCN(C)c1ccc(F)cc1[N+](=O)[O-]. The highest BCUT2D eigenvalue weighted by atomic mass is 19.1. The molecule has 5 nitrogen and oxygen atoms in total. The van der Waals surface area contributed by atoms with E-state index in [1.165, 1.54) is 12.1 Å². The van der Waals surface area contributed by atoms with Gasteiger partial charge in [0.15, 0.2) is 0 Å². The van der Waals surface area contributed by atoms with Gasteiger partial charge in [-0.25, -0.2) is 4.39 Å². The summed E-state index contributed by atoms with van der Waals surface area (Å²) in [5.41, 5.74) is 0.209. The van der Waals surface area contributed by atoms with Crippen LogP contribution in [0.5, 0.6) is 0 Å². The summed E-state index contributed by atoms with van der Waals surface area (Å²) in [5, 5.41) is 13.7. The van der Waals surface area contributed by atoms with Crippen LogP contribution in [0.1, 0.15) is 0 Å². The molecule has 0 heterocycles. The molecule has 1 rings (SSSR count). The van der Waals surface area contributed by atoms with Crippen molar-refractivity contribution < 1.29 is 9.31 Å². The van der Waals surface area contributed by atoms with E-state index in [4.69, 9.17) is 0 Å². The lowest BCUT2D eigenvalue weighted by Gasteiger charge is -2.18. The zero-order valence-electron chi connectivity index (χ0n) is 9.24. The highest BCUT2D eigenvalue weighted by Crippen LogP contribution is 2.27. The Hall–Kier alpha value is -1.69. The van der Waals surface area contributed by atoms with Crippen molar-refractivity contribution in [3.63, 3.8) is 0 Å². The Morgan fingerprint density at radius 3 is 2.81 bits per heavy atom. The molecule has 1 N–H and O–H groups in total. The van der Waals surface area contributed by atoms with Crippen LogP contribution in [0.3, 0.4) is 0 Å². The Morgan fingerprint density at radius 1 is 1.56 bits per heavy atom. The second kappa shape index (κ2) is 5.41. The minimum atomic E-state index is -0.600. The standard InChI is InChI=1S/C10H14FN3O2/c1-12-5-6-13(2)9-4-3-8(11)7-10(9)14(15)16/h3-4,7,12H,5-6H2,1-2H3. The van der Waals surface area contributed by atoms with Crippen LogP contribution < -0.4 is 10.2 Å². The summed E-state index contributed by atoms with van der Waals surface area (Å²) in [7, 11) is 3.53. The smallest absolute Gasteiger partial charge is 0.295 e. The van der Waals surface area contributed by atoms with Crippen molar-refractivity contribution in [1.29, 1.82) is 0 Å². The van der Waals surface area contributed by atoms with E-state index in [2.05, 4.69) is 5.32 Å². The quantitative estimate of drug-likeness (QED) is 0.610. The van der Waals surface area contributed by atoms with Crippen molar-refractivity contribution in [2.75, 3.05) is 32.1 Å². The predicted octanol–water partition coefficient (Wildman–Crippen LogP) is 1.39. The zero-order chi connectivity index (χ0) is 12.1. The number of hydrogen-bond acceptors (Lipinski definition) is 4. The predicted molar refractivity (Wildman–Crippen MR) is 60.3 cm³/mol. The Kier molecular flexibility index (Phi) is 4.19. The van der Waals surface area contributed by atoms with Gasteiger partial charge in [0.05, 0.1) is 11.0 Å². The normalized spacial score (nSPS) is 10.2. The van der Waals surface area contributed by atoms with Gasteiger partial charge in [-0.2, -0.15) is 0 Å². The molecular weight excluding hydrogens is 213 g/mol. The Morgan fingerprint density at radius 2 is 2.25 bits per heavy atom. The van der Waals surface area contributed by atoms with Gasteiger partial charge in [0.25, 0.3) is 5.69 Å². The third-order valence-electron chi connectivity index (χ3n) is 2.24. The molecule has 88 valence electrons. The van der Waals surface area contributed by atoms with Gasteiger partial charge in [-0.05, 0) is 19.2 Å². The molecule has 0 aromatic heterocycles. The topological polar surface area (TPSA) is 58.4 Å². The summed E-state index contributed by atoms with van der Waals surface area (Å²) in [5.74, 6) is -0.600. The highest BCUT2D eigenvalue weighted by molar-refractivity contribution is 5.62. The summed E-state index contributed by atoms with van der Waals surface area (Å²) in [6, 6.07) is 3.58. The number of nitro groups is 1. The van der Waals surface area contributed by atoms with Crippen LogP contribution in [0.2, 0.25) is 0 Å². The van der Waals surface area contributed by atoms with E-state index in [-0.39, 0.29) is 5.69 Å². The molecule has 1 aromatic carbocycles. The summed E-state index contributed by atoms with van der Waals surface area (Å²) in [4.78, 5) is 11.9. The fourth-order valence-electron chi connectivity index (χ4n) is 1.37. The first-order valence-electron chi connectivity index (χ1n) is 4.86. The minimum absolute atomic E-state index is 0.210. The molecule has 16 heavy (non-hydrogen) atoms.